The Morgan fingerprint density at radius 2 is 1.74 bits per heavy atom. The lowest BCUT2D eigenvalue weighted by Crippen LogP contribution is -2.05. The van der Waals surface area contributed by atoms with Crippen molar-refractivity contribution in [2.75, 3.05) is 7.11 Å². The lowest BCUT2D eigenvalue weighted by molar-refractivity contribution is 0.104. The third kappa shape index (κ3) is 3.13. The molecular weight excluding hydrogens is 340 g/mol. The van der Waals surface area contributed by atoms with E-state index >= 15 is 0 Å². The molecule has 0 saturated heterocycles. The molecule has 0 unspecified atom stereocenters. The first-order valence-electron chi connectivity index (χ1n) is 8.48. The molecule has 0 atom stereocenters. The molecule has 4 rings (SSSR count). The summed E-state index contributed by atoms with van der Waals surface area (Å²) in [6.07, 6.45) is 3.18. The molecule has 4 nitrogen and oxygen atoms in total. The van der Waals surface area contributed by atoms with Gasteiger partial charge < -0.3 is 9.15 Å². The van der Waals surface area contributed by atoms with Gasteiger partial charge in [-0.05, 0) is 48.0 Å². The van der Waals surface area contributed by atoms with Crippen LogP contribution in [0.2, 0.25) is 0 Å². The van der Waals surface area contributed by atoms with E-state index in [-0.39, 0.29) is 11.2 Å². The maximum absolute atomic E-state index is 12.8. The summed E-state index contributed by atoms with van der Waals surface area (Å²) in [6, 6.07) is 19.5. The van der Waals surface area contributed by atoms with Crippen molar-refractivity contribution in [2.24, 2.45) is 0 Å². The van der Waals surface area contributed by atoms with Gasteiger partial charge in [0.25, 0.3) is 0 Å². The molecule has 0 radical (unpaired) electrons. The first-order valence-corrected chi connectivity index (χ1v) is 8.48. The second-order valence-corrected chi connectivity index (χ2v) is 6.08. The predicted molar refractivity (Wildman–Crippen MR) is 106 cm³/mol. The fourth-order valence-corrected chi connectivity index (χ4v) is 3.02. The molecule has 0 aliphatic rings. The molecule has 4 aromatic rings. The number of carbonyl (C=O) groups excluding carboxylic acids is 1. The fraction of sp³-hybridized carbons (Fsp3) is 0.0435. The molecule has 0 bridgehead atoms. The van der Waals surface area contributed by atoms with Crippen molar-refractivity contribution in [3.63, 3.8) is 0 Å². The minimum absolute atomic E-state index is 0.140. The minimum Gasteiger partial charge on any atom is -0.497 e. The maximum atomic E-state index is 12.8. The second-order valence-electron chi connectivity index (χ2n) is 6.08. The highest BCUT2D eigenvalue weighted by atomic mass is 16.5. The molecule has 132 valence electrons. The zero-order valence-corrected chi connectivity index (χ0v) is 14.6. The lowest BCUT2D eigenvalue weighted by atomic mass is 10.0. The average Bonchev–Trinajstić information content (AvgIpc) is 2.72. The number of para-hydroxylation sites is 2. The first kappa shape index (κ1) is 16.8. The van der Waals surface area contributed by atoms with E-state index in [1.807, 2.05) is 24.3 Å². The zero-order valence-electron chi connectivity index (χ0n) is 14.6. The Bertz CT molecular complexity index is 1250. The van der Waals surface area contributed by atoms with Crippen molar-refractivity contribution in [1.82, 2.24) is 0 Å². The molecule has 0 N–H and O–H groups in total. The van der Waals surface area contributed by atoms with Crippen molar-refractivity contribution in [3.8, 4) is 5.75 Å². The molecule has 4 heteroatoms. The summed E-state index contributed by atoms with van der Waals surface area (Å²) < 4.78 is 11.1. The van der Waals surface area contributed by atoms with Gasteiger partial charge in [0, 0.05) is 0 Å². The first-order chi connectivity index (χ1) is 13.2. The van der Waals surface area contributed by atoms with Crippen LogP contribution in [-0.2, 0) is 0 Å². The van der Waals surface area contributed by atoms with Gasteiger partial charge in [-0.2, -0.15) is 0 Å². The Labute approximate surface area is 155 Å². The normalized spacial score (nSPS) is 11.3. The summed E-state index contributed by atoms with van der Waals surface area (Å²) >= 11 is 0. The number of hydrogen-bond donors (Lipinski definition) is 0. The minimum atomic E-state index is -0.234. The highest BCUT2D eigenvalue weighted by Crippen LogP contribution is 2.23. The van der Waals surface area contributed by atoms with Crippen molar-refractivity contribution in [3.05, 3.63) is 94.2 Å². The van der Waals surface area contributed by atoms with E-state index in [0.29, 0.717) is 33.3 Å². The van der Waals surface area contributed by atoms with Crippen LogP contribution in [0.1, 0.15) is 15.9 Å². The molecule has 0 aliphatic carbocycles. The van der Waals surface area contributed by atoms with Gasteiger partial charge in [-0.3, -0.25) is 9.59 Å². The van der Waals surface area contributed by atoms with Crippen molar-refractivity contribution < 1.29 is 13.9 Å². The molecule has 0 spiro atoms. The van der Waals surface area contributed by atoms with E-state index in [4.69, 9.17) is 9.15 Å². The number of carbonyl (C=O) groups is 1. The van der Waals surface area contributed by atoms with Gasteiger partial charge in [-0.25, -0.2) is 0 Å². The summed E-state index contributed by atoms with van der Waals surface area (Å²) in [4.78, 5) is 25.5. The van der Waals surface area contributed by atoms with Crippen molar-refractivity contribution in [1.29, 1.82) is 0 Å². The highest BCUT2D eigenvalue weighted by Gasteiger charge is 2.14. The fourth-order valence-electron chi connectivity index (χ4n) is 3.02. The van der Waals surface area contributed by atoms with Gasteiger partial charge in [-0.15, -0.1) is 0 Å². The van der Waals surface area contributed by atoms with Crippen molar-refractivity contribution in [2.45, 2.75) is 0 Å². The average molecular weight is 356 g/mol. The number of rotatable bonds is 4. The molecule has 1 heterocycles. The Morgan fingerprint density at radius 3 is 2.59 bits per heavy atom. The summed E-state index contributed by atoms with van der Waals surface area (Å²) in [5.74, 6) is 0.481. The van der Waals surface area contributed by atoms with E-state index in [9.17, 15) is 9.59 Å². The Balaban J connectivity index is 1.80. The molecular formula is C23H16O4. The number of fused-ring (bicyclic) bond motifs is 2. The van der Waals surface area contributed by atoms with Crippen LogP contribution in [0.5, 0.6) is 5.75 Å². The molecule has 1 aromatic heterocycles. The number of ether oxygens (including phenoxy) is 1. The van der Waals surface area contributed by atoms with Gasteiger partial charge in [0.1, 0.15) is 16.9 Å². The number of hydrogen-bond acceptors (Lipinski definition) is 4. The van der Waals surface area contributed by atoms with E-state index in [2.05, 4.69) is 0 Å². The van der Waals surface area contributed by atoms with Crippen LogP contribution in [0, 0.1) is 0 Å². The van der Waals surface area contributed by atoms with Gasteiger partial charge >= 0.3 is 0 Å². The standard InChI is InChI=1S/C23H16O4/c1-26-16-7-4-6-15(14-16)12-13-20(24)17-9-5-10-19-22(25)18-8-2-3-11-21(18)27-23(17)19/h2-14H,1H3. The number of allylic oxidation sites excluding steroid dienone is 1. The number of benzene rings is 3. The summed E-state index contributed by atoms with van der Waals surface area (Å²) in [7, 11) is 1.59. The third-order valence-electron chi connectivity index (χ3n) is 4.39. The SMILES string of the molecule is COc1cccc(C=CC(=O)c2cccc3c(=O)c4ccccc4oc23)c1. The highest BCUT2D eigenvalue weighted by molar-refractivity contribution is 6.14. The molecule has 0 fully saturated rings. The summed E-state index contributed by atoms with van der Waals surface area (Å²) in [6.45, 7) is 0. The van der Waals surface area contributed by atoms with Crippen molar-refractivity contribution >= 4 is 33.8 Å². The Hall–Kier alpha value is -3.66. The largest absolute Gasteiger partial charge is 0.497 e. The Morgan fingerprint density at radius 1 is 0.963 bits per heavy atom. The van der Waals surface area contributed by atoms with Gasteiger partial charge in [0.15, 0.2) is 5.78 Å². The zero-order chi connectivity index (χ0) is 18.8. The third-order valence-corrected chi connectivity index (χ3v) is 4.39. The topological polar surface area (TPSA) is 56.5 Å². The van der Waals surface area contributed by atoms with Crippen LogP contribution in [0.4, 0.5) is 0 Å². The second kappa shape index (κ2) is 6.92. The smallest absolute Gasteiger partial charge is 0.200 e. The van der Waals surface area contributed by atoms with Crippen LogP contribution in [0.3, 0.4) is 0 Å². The molecule has 3 aromatic carbocycles. The van der Waals surface area contributed by atoms with Crippen LogP contribution in [-0.4, -0.2) is 12.9 Å². The van der Waals surface area contributed by atoms with Gasteiger partial charge in [0.05, 0.1) is 23.4 Å². The van der Waals surface area contributed by atoms with E-state index in [1.165, 1.54) is 6.08 Å². The number of methoxy groups -OCH3 is 1. The van der Waals surface area contributed by atoms with Gasteiger partial charge in [0.2, 0.25) is 5.43 Å². The molecule has 0 amide bonds. The van der Waals surface area contributed by atoms with Crippen LogP contribution in [0.15, 0.2) is 82.0 Å². The summed E-state index contributed by atoms with van der Waals surface area (Å²) in [5, 5.41) is 0.899. The maximum Gasteiger partial charge on any atom is 0.200 e. The molecule has 0 aliphatic heterocycles. The monoisotopic (exact) mass is 356 g/mol. The van der Waals surface area contributed by atoms with Crippen LogP contribution >= 0.6 is 0 Å². The lowest BCUT2D eigenvalue weighted by Gasteiger charge is -2.05. The summed E-state index contributed by atoms with van der Waals surface area (Å²) in [5.41, 5.74) is 1.83. The molecule has 0 saturated carbocycles. The molecule has 27 heavy (non-hydrogen) atoms. The van der Waals surface area contributed by atoms with Gasteiger partial charge in [-0.1, -0.05) is 36.4 Å². The van der Waals surface area contributed by atoms with E-state index in [0.717, 1.165) is 5.56 Å². The quantitative estimate of drug-likeness (QED) is 0.298. The van der Waals surface area contributed by atoms with Crippen LogP contribution in [0.25, 0.3) is 28.0 Å². The van der Waals surface area contributed by atoms with E-state index in [1.54, 1.807) is 55.7 Å². The number of ketones is 1. The van der Waals surface area contributed by atoms with E-state index < -0.39 is 0 Å². The predicted octanol–water partition coefficient (Wildman–Crippen LogP) is 4.85. The van der Waals surface area contributed by atoms with Crippen LogP contribution < -0.4 is 10.2 Å². The Kier molecular flexibility index (Phi) is 4.30.